The van der Waals surface area contributed by atoms with Gasteiger partial charge < -0.3 is 14.6 Å². The van der Waals surface area contributed by atoms with Crippen LogP contribution >= 0.6 is 0 Å². The molecule has 11 heteroatoms. The second kappa shape index (κ2) is 8.15. The summed E-state index contributed by atoms with van der Waals surface area (Å²) < 4.78 is 11.7. The molecule has 0 saturated carbocycles. The standard InChI is InChI=1S/C19H20N6O5/c1-19(2,3)30-18(28)23-16-15(20-7-8-21-16)13-9-12(17(26)27)24-25(13)11-5-6-14(29-4)22-10-11/h5-10H,1-4H3,(H,26,27)(H,21,23,28). The number of ether oxygens (including phenoxy) is 2. The second-order valence-electron chi connectivity index (χ2n) is 7.07. The van der Waals surface area contributed by atoms with E-state index >= 15 is 0 Å². The molecule has 1 amide bonds. The van der Waals surface area contributed by atoms with Crippen LogP contribution in [0.25, 0.3) is 17.1 Å². The average Bonchev–Trinajstić information content (AvgIpc) is 3.12. The van der Waals surface area contributed by atoms with Crippen molar-refractivity contribution in [2.24, 2.45) is 0 Å². The summed E-state index contributed by atoms with van der Waals surface area (Å²) in [5, 5.41) is 16.1. The lowest BCUT2D eigenvalue weighted by Gasteiger charge is -2.20. The Morgan fingerprint density at radius 2 is 1.87 bits per heavy atom. The molecule has 0 aliphatic carbocycles. The third-order valence-corrected chi connectivity index (χ3v) is 3.66. The van der Waals surface area contributed by atoms with Gasteiger partial charge in [-0.1, -0.05) is 0 Å². The molecule has 0 radical (unpaired) electrons. The molecule has 0 fully saturated rings. The van der Waals surface area contributed by atoms with Gasteiger partial charge in [0.05, 0.1) is 24.7 Å². The maximum atomic E-state index is 12.2. The van der Waals surface area contributed by atoms with Crippen LogP contribution in [0, 0.1) is 0 Å². The number of nitrogens with zero attached hydrogens (tertiary/aromatic N) is 5. The van der Waals surface area contributed by atoms with E-state index in [0.29, 0.717) is 17.3 Å². The van der Waals surface area contributed by atoms with Crippen molar-refractivity contribution >= 4 is 17.9 Å². The summed E-state index contributed by atoms with van der Waals surface area (Å²) >= 11 is 0. The van der Waals surface area contributed by atoms with E-state index in [1.54, 1.807) is 32.9 Å². The van der Waals surface area contributed by atoms with Gasteiger partial charge in [-0.25, -0.2) is 29.2 Å². The number of nitrogens with one attached hydrogen (secondary N) is 1. The molecule has 0 aliphatic heterocycles. The smallest absolute Gasteiger partial charge is 0.413 e. The number of carboxylic acids is 1. The highest BCUT2D eigenvalue weighted by molar-refractivity contribution is 5.90. The Hall–Kier alpha value is -4.02. The van der Waals surface area contributed by atoms with Crippen LogP contribution in [0.4, 0.5) is 10.6 Å². The van der Waals surface area contributed by atoms with Gasteiger partial charge in [0.1, 0.15) is 11.3 Å². The molecule has 0 bridgehead atoms. The van der Waals surface area contributed by atoms with E-state index in [0.717, 1.165) is 0 Å². The number of hydrogen-bond acceptors (Lipinski definition) is 8. The van der Waals surface area contributed by atoms with E-state index in [9.17, 15) is 14.7 Å². The quantitative estimate of drug-likeness (QED) is 0.647. The Kier molecular flexibility index (Phi) is 5.63. The van der Waals surface area contributed by atoms with Crippen LogP contribution < -0.4 is 10.1 Å². The minimum atomic E-state index is -1.22. The van der Waals surface area contributed by atoms with Gasteiger partial charge in [0.2, 0.25) is 5.88 Å². The van der Waals surface area contributed by atoms with E-state index in [-0.39, 0.29) is 17.2 Å². The molecule has 3 aromatic heterocycles. The number of methoxy groups -OCH3 is 1. The van der Waals surface area contributed by atoms with Crippen molar-refractivity contribution in [3.63, 3.8) is 0 Å². The van der Waals surface area contributed by atoms with Gasteiger partial charge in [-0.3, -0.25) is 5.32 Å². The van der Waals surface area contributed by atoms with Gasteiger partial charge in [0.25, 0.3) is 0 Å². The van der Waals surface area contributed by atoms with Crippen LogP contribution in [0.5, 0.6) is 5.88 Å². The van der Waals surface area contributed by atoms with Crippen molar-refractivity contribution in [1.29, 1.82) is 0 Å². The van der Waals surface area contributed by atoms with Gasteiger partial charge in [-0.2, -0.15) is 5.10 Å². The van der Waals surface area contributed by atoms with Crippen molar-refractivity contribution in [2.75, 3.05) is 12.4 Å². The normalized spacial score (nSPS) is 11.1. The Morgan fingerprint density at radius 1 is 1.13 bits per heavy atom. The zero-order valence-electron chi connectivity index (χ0n) is 16.8. The van der Waals surface area contributed by atoms with Crippen molar-refractivity contribution in [2.45, 2.75) is 26.4 Å². The van der Waals surface area contributed by atoms with Crippen molar-refractivity contribution in [3.05, 3.63) is 42.5 Å². The third-order valence-electron chi connectivity index (χ3n) is 3.66. The number of rotatable bonds is 5. The highest BCUT2D eigenvalue weighted by Gasteiger charge is 2.23. The first-order valence-electron chi connectivity index (χ1n) is 8.83. The van der Waals surface area contributed by atoms with E-state index in [2.05, 4.69) is 25.4 Å². The van der Waals surface area contributed by atoms with Gasteiger partial charge in [-0.15, -0.1) is 0 Å². The summed E-state index contributed by atoms with van der Waals surface area (Å²) in [6.07, 6.45) is 3.56. The van der Waals surface area contributed by atoms with E-state index in [4.69, 9.17) is 9.47 Å². The monoisotopic (exact) mass is 412 g/mol. The van der Waals surface area contributed by atoms with E-state index < -0.39 is 17.7 Å². The number of carboxylic acid groups (broad SMARTS) is 1. The molecular formula is C19H20N6O5. The largest absolute Gasteiger partial charge is 0.481 e. The molecular weight excluding hydrogens is 392 g/mol. The summed E-state index contributed by atoms with van der Waals surface area (Å²) in [5.41, 5.74) is 0.0407. The average molecular weight is 412 g/mol. The van der Waals surface area contributed by atoms with Crippen LogP contribution in [0.3, 0.4) is 0 Å². The number of carbonyl (C=O) groups is 2. The van der Waals surface area contributed by atoms with Crippen molar-refractivity contribution < 1.29 is 24.2 Å². The first kappa shape index (κ1) is 20.7. The maximum absolute atomic E-state index is 12.2. The fourth-order valence-electron chi connectivity index (χ4n) is 2.49. The Bertz CT molecular complexity index is 1070. The molecule has 0 aromatic carbocycles. The molecule has 156 valence electrons. The Labute approximate surface area is 171 Å². The Morgan fingerprint density at radius 3 is 2.47 bits per heavy atom. The summed E-state index contributed by atoms with van der Waals surface area (Å²) in [7, 11) is 1.48. The lowest BCUT2D eigenvalue weighted by molar-refractivity contribution is 0.0633. The summed E-state index contributed by atoms with van der Waals surface area (Å²) in [6.45, 7) is 5.19. The number of amides is 1. The lowest BCUT2D eigenvalue weighted by atomic mass is 10.2. The summed E-state index contributed by atoms with van der Waals surface area (Å²) in [4.78, 5) is 36.2. The molecule has 2 N–H and O–H groups in total. The maximum Gasteiger partial charge on any atom is 0.413 e. The molecule has 0 spiro atoms. The number of anilines is 1. The fourth-order valence-corrected chi connectivity index (χ4v) is 2.49. The molecule has 0 atom stereocenters. The minimum Gasteiger partial charge on any atom is -0.481 e. The highest BCUT2D eigenvalue weighted by atomic mass is 16.6. The van der Waals surface area contributed by atoms with E-state index in [1.165, 1.54) is 36.4 Å². The summed E-state index contributed by atoms with van der Waals surface area (Å²) in [5.74, 6) is -0.744. The Balaban J connectivity index is 2.07. The molecule has 0 aliphatic rings. The zero-order valence-corrected chi connectivity index (χ0v) is 16.8. The molecule has 3 rings (SSSR count). The molecule has 30 heavy (non-hydrogen) atoms. The minimum absolute atomic E-state index is 0.0892. The molecule has 0 unspecified atom stereocenters. The first-order chi connectivity index (χ1) is 14.2. The highest BCUT2D eigenvalue weighted by Crippen LogP contribution is 2.28. The predicted molar refractivity (Wildman–Crippen MR) is 106 cm³/mol. The predicted octanol–water partition coefficient (Wildman–Crippen LogP) is 2.78. The van der Waals surface area contributed by atoms with Gasteiger partial charge in [0, 0.05) is 24.5 Å². The van der Waals surface area contributed by atoms with Crippen molar-refractivity contribution in [1.82, 2.24) is 24.7 Å². The first-order valence-corrected chi connectivity index (χ1v) is 8.83. The fraction of sp³-hybridized carbons (Fsp3) is 0.263. The number of pyridine rings is 1. The SMILES string of the molecule is COc1ccc(-n2nc(C(=O)O)cc2-c2nccnc2NC(=O)OC(C)(C)C)cn1. The molecule has 0 saturated heterocycles. The zero-order chi connectivity index (χ0) is 21.9. The lowest BCUT2D eigenvalue weighted by Crippen LogP contribution is -2.27. The van der Waals surface area contributed by atoms with Crippen LogP contribution in [0.1, 0.15) is 31.3 Å². The van der Waals surface area contributed by atoms with Gasteiger partial charge in [-0.05, 0) is 26.8 Å². The topological polar surface area (TPSA) is 141 Å². The van der Waals surface area contributed by atoms with Crippen LogP contribution in [0.15, 0.2) is 36.8 Å². The molecule has 11 nitrogen and oxygen atoms in total. The van der Waals surface area contributed by atoms with E-state index in [1.807, 2.05) is 0 Å². The second-order valence-corrected chi connectivity index (χ2v) is 7.07. The van der Waals surface area contributed by atoms with Gasteiger partial charge in [0.15, 0.2) is 11.5 Å². The molecule has 3 aromatic rings. The number of carbonyl (C=O) groups excluding carboxylic acids is 1. The van der Waals surface area contributed by atoms with Crippen LogP contribution in [-0.4, -0.2) is 54.6 Å². The number of aromatic carboxylic acids is 1. The third kappa shape index (κ3) is 4.69. The van der Waals surface area contributed by atoms with Crippen LogP contribution in [-0.2, 0) is 4.74 Å². The molecule has 3 heterocycles. The van der Waals surface area contributed by atoms with Gasteiger partial charge >= 0.3 is 12.1 Å². The van der Waals surface area contributed by atoms with Crippen LogP contribution in [0.2, 0.25) is 0 Å². The van der Waals surface area contributed by atoms with Crippen molar-refractivity contribution in [3.8, 4) is 23.0 Å². The number of hydrogen-bond donors (Lipinski definition) is 2. The summed E-state index contributed by atoms with van der Waals surface area (Å²) in [6, 6.07) is 4.60. The number of aromatic nitrogens is 5.